The number of benzene rings is 1. The van der Waals surface area contributed by atoms with E-state index in [1.807, 2.05) is 19.1 Å². The minimum atomic E-state index is -0.840. The highest BCUT2D eigenvalue weighted by atomic mass is 35.5. The molecule has 2 aromatic rings. The summed E-state index contributed by atoms with van der Waals surface area (Å²) in [4.78, 5) is 12.8. The van der Waals surface area contributed by atoms with E-state index in [0.29, 0.717) is 30.0 Å². The highest BCUT2D eigenvalue weighted by Gasteiger charge is 2.28. The summed E-state index contributed by atoms with van der Waals surface area (Å²) < 4.78 is 1.72. The van der Waals surface area contributed by atoms with Gasteiger partial charge in [0.1, 0.15) is 0 Å². The number of nitrogens with one attached hydrogen (secondary N) is 1. The van der Waals surface area contributed by atoms with Crippen molar-refractivity contribution in [1.29, 1.82) is 0 Å². The van der Waals surface area contributed by atoms with Crippen molar-refractivity contribution in [3.05, 3.63) is 40.5 Å². The summed E-state index contributed by atoms with van der Waals surface area (Å²) in [6.07, 6.45) is 5.64. The van der Waals surface area contributed by atoms with Crippen LogP contribution >= 0.6 is 11.6 Å². The molecule has 1 aliphatic rings. The number of carbonyl (C=O) groups excluding carboxylic acids is 1. The van der Waals surface area contributed by atoms with Gasteiger partial charge >= 0.3 is 0 Å². The summed E-state index contributed by atoms with van der Waals surface area (Å²) in [6, 6.07) is 7.17. The van der Waals surface area contributed by atoms with E-state index >= 15 is 0 Å². The van der Waals surface area contributed by atoms with Gasteiger partial charge in [-0.3, -0.25) is 9.48 Å². The molecule has 7 heteroatoms. The number of carbonyl (C=O) groups is 1. The molecule has 152 valence electrons. The molecule has 1 aromatic carbocycles. The van der Waals surface area contributed by atoms with Crippen LogP contribution in [0.25, 0.3) is 11.3 Å². The summed E-state index contributed by atoms with van der Waals surface area (Å²) >= 11 is 6.28. The van der Waals surface area contributed by atoms with Crippen molar-refractivity contribution in [1.82, 2.24) is 15.1 Å². The second-order valence-electron chi connectivity index (χ2n) is 7.63. The molecule has 1 fully saturated rings. The third-order valence-corrected chi connectivity index (χ3v) is 5.66. The number of amides is 1. The van der Waals surface area contributed by atoms with Gasteiger partial charge in [0.25, 0.3) is 5.91 Å². The van der Waals surface area contributed by atoms with Crippen LogP contribution in [0.4, 0.5) is 0 Å². The standard InChI is InChI=1S/C21H28ClN3O3/c1-15-12-19(25(24-15)10-11-26)16-6-7-18(22)17(13-16)20(27)23-14-21(28)8-4-2-3-5-9-21/h6-7,12-13,26,28H,2-5,8-11,14H2,1H3,(H,23,27). The Morgan fingerprint density at radius 3 is 2.64 bits per heavy atom. The molecule has 1 amide bonds. The average Bonchev–Trinajstić information content (AvgIpc) is 2.89. The van der Waals surface area contributed by atoms with Crippen LogP contribution < -0.4 is 5.32 Å². The Morgan fingerprint density at radius 1 is 1.25 bits per heavy atom. The van der Waals surface area contributed by atoms with E-state index in [0.717, 1.165) is 42.6 Å². The largest absolute Gasteiger partial charge is 0.394 e. The molecule has 0 bridgehead atoms. The molecule has 0 saturated heterocycles. The highest BCUT2D eigenvalue weighted by molar-refractivity contribution is 6.34. The summed E-state index contributed by atoms with van der Waals surface area (Å²) in [7, 11) is 0. The number of aliphatic hydroxyl groups is 2. The van der Waals surface area contributed by atoms with Gasteiger partial charge in [-0.2, -0.15) is 5.10 Å². The normalized spacial score (nSPS) is 16.6. The third-order valence-electron chi connectivity index (χ3n) is 5.33. The quantitative estimate of drug-likeness (QED) is 0.643. The molecule has 28 heavy (non-hydrogen) atoms. The number of hydrogen-bond donors (Lipinski definition) is 3. The van der Waals surface area contributed by atoms with E-state index in [1.54, 1.807) is 16.8 Å². The van der Waals surface area contributed by atoms with Gasteiger partial charge in [0.05, 0.1) is 40.7 Å². The van der Waals surface area contributed by atoms with Crippen LogP contribution in [0.15, 0.2) is 24.3 Å². The van der Waals surface area contributed by atoms with Crippen molar-refractivity contribution in [3.63, 3.8) is 0 Å². The van der Waals surface area contributed by atoms with E-state index in [1.165, 1.54) is 0 Å². The number of rotatable bonds is 6. The van der Waals surface area contributed by atoms with E-state index in [9.17, 15) is 15.0 Å². The molecule has 0 unspecified atom stereocenters. The maximum atomic E-state index is 12.8. The van der Waals surface area contributed by atoms with Gasteiger partial charge in [0.2, 0.25) is 0 Å². The minimum absolute atomic E-state index is 0.0202. The lowest BCUT2D eigenvalue weighted by molar-refractivity contribution is 0.0246. The molecule has 1 heterocycles. The van der Waals surface area contributed by atoms with E-state index in [-0.39, 0.29) is 19.1 Å². The van der Waals surface area contributed by atoms with Crippen molar-refractivity contribution in [3.8, 4) is 11.3 Å². The first-order valence-corrected chi connectivity index (χ1v) is 10.3. The third kappa shape index (κ3) is 4.93. The monoisotopic (exact) mass is 405 g/mol. The lowest BCUT2D eigenvalue weighted by Crippen LogP contribution is -2.42. The van der Waals surface area contributed by atoms with Gasteiger partial charge in [0, 0.05) is 12.1 Å². The molecule has 0 aliphatic heterocycles. The van der Waals surface area contributed by atoms with Crippen LogP contribution in [-0.2, 0) is 6.54 Å². The predicted octanol–water partition coefficient (Wildman–Crippen LogP) is 3.32. The zero-order valence-electron chi connectivity index (χ0n) is 16.2. The maximum absolute atomic E-state index is 12.8. The number of hydrogen-bond acceptors (Lipinski definition) is 4. The predicted molar refractivity (Wildman–Crippen MR) is 109 cm³/mol. The number of aromatic nitrogens is 2. The SMILES string of the molecule is Cc1cc(-c2ccc(Cl)c(C(=O)NCC3(O)CCCCCC3)c2)n(CCO)n1. The molecule has 1 saturated carbocycles. The van der Waals surface area contributed by atoms with E-state index in [2.05, 4.69) is 10.4 Å². The summed E-state index contributed by atoms with van der Waals surface area (Å²) in [5, 5.41) is 27.6. The van der Waals surface area contributed by atoms with E-state index < -0.39 is 5.60 Å². The van der Waals surface area contributed by atoms with Crippen molar-refractivity contribution < 1.29 is 15.0 Å². The molecular formula is C21H28ClN3O3. The fourth-order valence-corrected chi connectivity index (χ4v) is 4.01. The average molecular weight is 406 g/mol. The molecule has 0 spiro atoms. The lowest BCUT2D eigenvalue weighted by Gasteiger charge is -2.27. The molecule has 0 radical (unpaired) electrons. The van der Waals surface area contributed by atoms with Gasteiger partial charge in [-0.05, 0) is 38.0 Å². The number of aliphatic hydroxyl groups excluding tert-OH is 1. The second-order valence-corrected chi connectivity index (χ2v) is 8.04. The van der Waals surface area contributed by atoms with Gasteiger partial charge in [-0.25, -0.2) is 0 Å². The number of nitrogens with zero attached hydrogens (tertiary/aromatic N) is 2. The Morgan fingerprint density at radius 2 is 1.96 bits per heavy atom. The van der Waals surface area contributed by atoms with Gasteiger partial charge in [0.15, 0.2) is 0 Å². The zero-order valence-corrected chi connectivity index (χ0v) is 17.0. The first-order valence-electron chi connectivity index (χ1n) is 9.88. The van der Waals surface area contributed by atoms with Gasteiger partial charge in [-0.1, -0.05) is 43.4 Å². The summed E-state index contributed by atoms with van der Waals surface area (Å²) in [5.74, 6) is -0.297. The minimum Gasteiger partial charge on any atom is -0.394 e. The Kier molecular flexibility index (Phi) is 6.75. The zero-order chi connectivity index (χ0) is 20.1. The van der Waals surface area contributed by atoms with Crippen LogP contribution in [0.1, 0.15) is 54.6 Å². The highest BCUT2D eigenvalue weighted by Crippen LogP contribution is 2.28. The van der Waals surface area contributed by atoms with Crippen LogP contribution in [-0.4, -0.2) is 44.7 Å². The van der Waals surface area contributed by atoms with Crippen LogP contribution in [0.2, 0.25) is 5.02 Å². The lowest BCUT2D eigenvalue weighted by atomic mass is 9.94. The molecule has 1 aromatic heterocycles. The van der Waals surface area contributed by atoms with Gasteiger partial charge in [-0.15, -0.1) is 0 Å². The summed E-state index contributed by atoms with van der Waals surface area (Å²) in [5.41, 5.74) is 1.98. The second kappa shape index (κ2) is 9.07. The number of halogens is 1. The fraction of sp³-hybridized carbons (Fsp3) is 0.524. The molecule has 1 aliphatic carbocycles. The van der Waals surface area contributed by atoms with E-state index in [4.69, 9.17) is 11.6 Å². The first kappa shape index (κ1) is 20.8. The van der Waals surface area contributed by atoms with Gasteiger partial charge < -0.3 is 15.5 Å². The Balaban J connectivity index is 1.78. The molecule has 3 rings (SSSR count). The van der Waals surface area contributed by atoms with Crippen LogP contribution in [0.5, 0.6) is 0 Å². The topological polar surface area (TPSA) is 87.4 Å². The molecule has 6 nitrogen and oxygen atoms in total. The number of aryl methyl sites for hydroxylation is 1. The maximum Gasteiger partial charge on any atom is 0.252 e. The van der Waals surface area contributed by atoms with Crippen molar-refractivity contribution in [2.24, 2.45) is 0 Å². The fourth-order valence-electron chi connectivity index (χ4n) is 3.81. The molecule has 3 N–H and O–H groups in total. The van der Waals surface area contributed by atoms with Crippen molar-refractivity contribution in [2.75, 3.05) is 13.2 Å². The first-order chi connectivity index (χ1) is 13.4. The molecule has 0 atom stereocenters. The van der Waals surface area contributed by atoms with Crippen molar-refractivity contribution >= 4 is 17.5 Å². The Labute approximate surface area is 170 Å². The molecular weight excluding hydrogens is 378 g/mol. The smallest absolute Gasteiger partial charge is 0.252 e. The summed E-state index contributed by atoms with van der Waals surface area (Å²) in [6.45, 7) is 2.47. The van der Waals surface area contributed by atoms with Crippen molar-refractivity contribution in [2.45, 2.75) is 57.6 Å². The van der Waals surface area contributed by atoms with Crippen LogP contribution in [0.3, 0.4) is 0 Å². The Hall–Kier alpha value is -1.89. The Bertz CT molecular complexity index is 826. The van der Waals surface area contributed by atoms with Crippen LogP contribution in [0, 0.1) is 6.92 Å².